The fourth-order valence-electron chi connectivity index (χ4n) is 7.90. The molecule has 0 saturated heterocycles. The number of aromatic nitrogens is 2. The number of aliphatic hydroxyl groups excluding tert-OH is 3. The number of rotatable bonds is 0. The van der Waals surface area contributed by atoms with Crippen LogP contribution < -0.4 is 21.5 Å². The lowest BCUT2D eigenvalue weighted by Gasteiger charge is -2.51. The number of nitrogens with one attached hydrogen (secondary N) is 4. The summed E-state index contributed by atoms with van der Waals surface area (Å²) in [7, 11) is 0. The van der Waals surface area contributed by atoms with E-state index < -0.39 is 11.1 Å². The van der Waals surface area contributed by atoms with Crippen molar-refractivity contribution in [3.05, 3.63) is 129 Å². The third kappa shape index (κ3) is 6.22. The SMILES string of the molecule is CCO.CCO.CCO.O=c1c2c([nH]c3ccccc13)-c1ccccc1NC21CCC2(CC1)Nc1ccccc1-c1[nH]c3ccccc3c(=O)c12. The maximum atomic E-state index is 14.3. The summed E-state index contributed by atoms with van der Waals surface area (Å²) in [6.07, 6.45) is 2.76. The highest BCUT2D eigenvalue weighted by Crippen LogP contribution is 2.55. The summed E-state index contributed by atoms with van der Waals surface area (Å²) >= 11 is 0. The molecule has 2 aromatic heterocycles. The summed E-state index contributed by atoms with van der Waals surface area (Å²) in [6, 6.07) is 32.0. The van der Waals surface area contributed by atoms with Gasteiger partial charge in [0.15, 0.2) is 10.9 Å². The molecule has 0 radical (unpaired) electrons. The highest BCUT2D eigenvalue weighted by atomic mass is 16.3. The number of benzene rings is 4. The zero-order chi connectivity index (χ0) is 36.2. The van der Waals surface area contributed by atoms with Crippen molar-refractivity contribution in [3.8, 4) is 22.5 Å². The number of anilines is 2. The molecule has 7 N–H and O–H groups in total. The Hall–Kier alpha value is -5.22. The summed E-state index contributed by atoms with van der Waals surface area (Å²) in [5, 5.41) is 31.8. The van der Waals surface area contributed by atoms with Crippen LogP contribution in [0.3, 0.4) is 0 Å². The molecule has 0 bridgehead atoms. The standard InChI is InChI=1S/C36H28N4O2.3C2H6O/c41-33-23-11-3-5-13-25(23)37-31-21-9-1-7-15-27(21)39-35(29(31)33)17-19-36(20-18-35)30-32(22-10-2-8-16-28(22)40-36)38-26-14-6-4-12-24(26)34(30)42;3*1-2-3/h1-16,39-40H,17-20H2,(H,37,41)(H,38,42);3*3H,2H2,1H3. The van der Waals surface area contributed by atoms with Crippen LogP contribution in [0.5, 0.6) is 0 Å². The van der Waals surface area contributed by atoms with E-state index in [-0.39, 0.29) is 30.7 Å². The molecule has 1 saturated carbocycles. The molecule has 9 nitrogen and oxygen atoms in total. The van der Waals surface area contributed by atoms with Crippen LogP contribution in [0.1, 0.15) is 57.6 Å². The van der Waals surface area contributed by atoms with Gasteiger partial charge in [-0.25, -0.2) is 0 Å². The number of para-hydroxylation sites is 4. The maximum absolute atomic E-state index is 14.3. The Kier molecular flexibility index (Phi) is 10.4. The fourth-order valence-corrected chi connectivity index (χ4v) is 7.90. The van der Waals surface area contributed by atoms with E-state index in [1.165, 1.54) is 0 Å². The lowest BCUT2D eigenvalue weighted by molar-refractivity contribution is 0.234. The number of pyridine rings is 2. The second kappa shape index (κ2) is 14.9. The third-order valence-corrected chi connectivity index (χ3v) is 9.87. The van der Waals surface area contributed by atoms with Gasteiger partial charge in [-0.3, -0.25) is 9.59 Å². The molecule has 51 heavy (non-hydrogen) atoms. The number of fused-ring (bicyclic) bond motifs is 10. The minimum atomic E-state index is -0.561. The van der Waals surface area contributed by atoms with Crippen molar-refractivity contribution in [2.45, 2.75) is 57.5 Å². The smallest absolute Gasteiger partial charge is 0.195 e. The summed E-state index contributed by atoms with van der Waals surface area (Å²) in [6.45, 7) is 5.79. The first-order chi connectivity index (χ1) is 24.8. The molecule has 264 valence electrons. The molecule has 4 aromatic carbocycles. The van der Waals surface area contributed by atoms with Crippen molar-refractivity contribution in [2.75, 3.05) is 30.5 Å². The van der Waals surface area contributed by atoms with Crippen molar-refractivity contribution >= 4 is 33.2 Å². The number of aromatic amines is 2. The van der Waals surface area contributed by atoms with Crippen LogP contribution in [-0.4, -0.2) is 45.1 Å². The van der Waals surface area contributed by atoms with E-state index in [1.54, 1.807) is 20.8 Å². The second-order valence-corrected chi connectivity index (χ2v) is 13.0. The summed E-state index contributed by atoms with van der Waals surface area (Å²) in [5.74, 6) is 0. The zero-order valence-corrected chi connectivity index (χ0v) is 29.3. The van der Waals surface area contributed by atoms with E-state index in [2.05, 4.69) is 44.9 Å². The summed E-state index contributed by atoms with van der Waals surface area (Å²) in [4.78, 5) is 35.8. The van der Waals surface area contributed by atoms with Crippen LogP contribution in [-0.2, 0) is 11.1 Å². The monoisotopic (exact) mass is 686 g/mol. The highest BCUT2D eigenvalue weighted by Gasteiger charge is 2.51. The number of hydrogen-bond acceptors (Lipinski definition) is 7. The average molecular weight is 687 g/mol. The predicted octanol–water partition coefficient (Wildman–Crippen LogP) is 7.22. The van der Waals surface area contributed by atoms with E-state index in [0.29, 0.717) is 36.5 Å². The first kappa shape index (κ1) is 35.6. The van der Waals surface area contributed by atoms with E-state index in [4.69, 9.17) is 15.3 Å². The lowest BCUT2D eigenvalue weighted by atomic mass is 9.63. The molecule has 0 amide bonds. The normalized spacial score (nSPS) is 18.9. The molecule has 3 aliphatic rings. The Bertz CT molecular complexity index is 2120. The molecule has 2 aliphatic heterocycles. The molecule has 2 spiro atoms. The summed E-state index contributed by atoms with van der Waals surface area (Å²) < 4.78 is 0. The van der Waals surface area contributed by atoms with Gasteiger partial charge >= 0.3 is 0 Å². The van der Waals surface area contributed by atoms with Crippen LogP contribution in [0.2, 0.25) is 0 Å². The molecule has 9 heteroatoms. The first-order valence-electron chi connectivity index (χ1n) is 17.7. The van der Waals surface area contributed by atoms with E-state index in [9.17, 15) is 9.59 Å². The Balaban J connectivity index is 0.000000454. The lowest BCUT2D eigenvalue weighted by Crippen LogP contribution is -2.53. The van der Waals surface area contributed by atoms with Crippen molar-refractivity contribution < 1.29 is 15.3 Å². The maximum Gasteiger partial charge on any atom is 0.195 e. The minimum absolute atomic E-state index is 0.0727. The van der Waals surface area contributed by atoms with Crippen molar-refractivity contribution in [1.82, 2.24) is 9.97 Å². The van der Waals surface area contributed by atoms with Crippen molar-refractivity contribution in [3.63, 3.8) is 0 Å². The Morgan fingerprint density at radius 2 is 0.824 bits per heavy atom. The quantitative estimate of drug-likeness (QED) is 0.0892. The minimum Gasteiger partial charge on any atom is -0.397 e. The van der Waals surface area contributed by atoms with Crippen LogP contribution in [0.15, 0.2) is 107 Å². The van der Waals surface area contributed by atoms with Gasteiger partial charge in [0.25, 0.3) is 0 Å². The number of H-pyrrole nitrogens is 2. The van der Waals surface area contributed by atoms with Crippen LogP contribution in [0.25, 0.3) is 44.3 Å². The molecule has 1 aliphatic carbocycles. The fraction of sp³-hybridized carbons (Fsp3) is 0.286. The largest absolute Gasteiger partial charge is 0.397 e. The van der Waals surface area contributed by atoms with Crippen molar-refractivity contribution in [2.24, 2.45) is 0 Å². The van der Waals surface area contributed by atoms with Gasteiger partial charge in [-0.05, 0) is 82.9 Å². The molecule has 6 aromatic rings. The van der Waals surface area contributed by atoms with Gasteiger partial charge in [-0.15, -0.1) is 0 Å². The molecular formula is C42H46N4O5. The van der Waals surface area contributed by atoms with Gasteiger partial charge in [0.1, 0.15) is 0 Å². The van der Waals surface area contributed by atoms with E-state index in [0.717, 1.165) is 56.0 Å². The topological polar surface area (TPSA) is 150 Å². The van der Waals surface area contributed by atoms with E-state index in [1.807, 2.05) is 72.8 Å². The van der Waals surface area contributed by atoms with Gasteiger partial charge in [0.05, 0.1) is 22.5 Å². The summed E-state index contributed by atoms with van der Waals surface area (Å²) in [5.41, 5.74) is 8.20. The molecule has 1 fully saturated rings. The zero-order valence-electron chi connectivity index (χ0n) is 29.3. The average Bonchev–Trinajstić information content (AvgIpc) is 3.14. The molecule has 4 heterocycles. The van der Waals surface area contributed by atoms with Crippen LogP contribution >= 0.6 is 0 Å². The van der Waals surface area contributed by atoms with Crippen molar-refractivity contribution in [1.29, 1.82) is 0 Å². The Morgan fingerprint density at radius 3 is 1.20 bits per heavy atom. The molecule has 0 unspecified atom stereocenters. The van der Waals surface area contributed by atoms with Gasteiger partial charge in [0.2, 0.25) is 0 Å². The highest BCUT2D eigenvalue weighted by molar-refractivity contribution is 5.91. The Morgan fingerprint density at radius 1 is 0.510 bits per heavy atom. The van der Waals surface area contributed by atoms with Gasteiger partial charge in [0, 0.05) is 75.3 Å². The second-order valence-electron chi connectivity index (χ2n) is 13.0. The van der Waals surface area contributed by atoms with E-state index >= 15 is 0 Å². The van der Waals surface area contributed by atoms with Gasteiger partial charge in [-0.1, -0.05) is 60.7 Å². The number of aliphatic hydroxyl groups is 3. The molecule has 0 atom stereocenters. The Labute approximate surface area is 297 Å². The molecular weight excluding hydrogens is 640 g/mol. The predicted molar refractivity (Wildman–Crippen MR) is 207 cm³/mol. The molecule has 9 rings (SSSR count). The van der Waals surface area contributed by atoms with Gasteiger partial charge in [-0.2, -0.15) is 0 Å². The van der Waals surface area contributed by atoms with Crippen LogP contribution in [0.4, 0.5) is 11.4 Å². The first-order valence-corrected chi connectivity index (χ1v) is 17.7. The number of hydrogen-bond donors (Lipinski definition) is 7. The third-order valence-electron chi connectivity index (χ3n) is 9.87. The van der Waals surface area contributed by atoms with Gasteiger partial charge < -0.3 is 35.9 Å². The van der Waals surface area contributed by atoms with Crippen LogP contribution in [0, 0.1) is 0 Å².